The van der Waals surface area contributed by atoms with Gasteiger partial charge in [0.25, 0.3) is 5.95 Å². The Hall–Kier alpha value is -4.04. The molecule has 14 nitrogen and oxygen atoms in total. The largest absolute Gasteiger partial charge is 0.388 e. The Morgan fingerprint density at radius 1 is 1.29 bits per heavy atom. The SMILES string of the molecule is CCCNc1nc(-n2cc(-c3cccnn3)nn2)nc2c1ncn2[C@@H]1O[C@H](C(=O)NC)C[C@H]1O. The Kier molecular flexibility index (Phi) is 5.81. The van der Waals surface area contributed by atoms with Crippen molar-refractivity contribution < 1.29 is 14.6 Å². The molecule has 0 unspecified atom stereocenters. The summed E-state index contributed by atoms with van der Waals surface area (Å²) in [5.74, 6) is 0.448. The van der Waals surface area contributed by atoms with Crippen molar-refractivity contribution in [2.24, 2.45) is 0 Å². The number of fused-ring (bicyclic) bond motifs is 1. The molecule has 4 aromatic rings. The summed E-state index contributed by atoms with van der Waals surface area (Å²) in [5, 5.41) is 32.6. The summed E-state index contributed by atoms with van der Waals surface area (Å²) in [6, 6.07) is 3.53. The molecular formula is C20H23N11O3. The van der Waals surface area contributed by atoms with Gasteiger partial charge in [-0.2, -0.15) is 19.7 Å². The number of aromatic nitrogens is 9. The molecule has 5 heterocycles. The normalized spacial score (nSPS) is 20.0. The highest BCUT2D eigenvalue weighted by Crippen LogP contribution is 2.32. The van der Waals surface area contributed by atoms with Crippen LogP contribution in [-0.2, 0) is 9.53 Å². The highest BCUT2D eigenvalue weighted by molar-refractivity contribution is 5.84. The maximum absolute atomic E-state index is 12.0. The Bertz CT molecular complexity index is 1310. The first-order chi connectivity index (χ1) is 16.6. The van der Waals surface area contributed by atoms with E-state index in [4.69, 9.17) is 4.74 Å². The van der Waals surface area contributed by atoms with E-state index in [1.54, 1.807) is 29.1 Å². The molecule has 1 saturated heterocycles. The molecule has 176 valence electrons. The van der Waals surface area contributed by atoms with E-state index in [1.165, 1.54) is 18.1 Å². The van der Waals surface area contributed by atoms with Crippen LogP contribution >= 0.6 is 0 Å². The van der Waals surface area contributed by atoms with Gasteiger partial charge in [0, 0.05) is 26.2 Å². The second-order valence-electron chi connectivity index (χ2n) is 7.71. The fourth-order valence-corrected chi connectivity index (χ4v) is 3.71. The topological polar surface area (TPSA) is 171 Å². The molecule has 1 fully saturated rings. The minimum Gasteiger partial charge on any atom is -0.388 e. The minimum absolute atomic E-state index is 0.160. The zero-order chi connectivity index (χ0) is 23.7. The van der Waals surface area contributed by atoms with Gasteiger partial charge in [0.2, 0.25) is 5.91 Å². The smallest absolute Gasteiger partial charge is 0.256 e. The number of hydrogen-bond acceptors (Lipinski definition) is 11. The van der Waals surface area contributed by atoms with Crippen molar-refractivity contribution in [1.82, 2.24) is 50.0 Å². The summed E-state index contributed by atoms with van der Waals surface area (Å²) < 4.78 is 8.87. The van der Waals surface area contributed by atoms with E-state index in [-0.39, 0.29) is 18.3 Å². The number of carbonyl (C=O) groups excluding carboxylic acids is 1. The minimum atomic E-state index is -0.917. The molecule has 0 bridgehead atoms. The predicted octanol–water partition coefficient (Wildman–Crippen LogP) is 0.0803. The molecule has 14 heteroatoms. The number of likely N-dealkylation sites (N-methyl/N-ethyl adjacent to an activating group) is 1. The number of aliphatic hydroxyl groups excluding tert-OH is 1. The average molecular weight is 465 g/mol. The van der Waals surface area contributed by atoms with E-state index in [1.807, 2.05) is 6.92 Å². The predicted molar refractivity (Wildman–Crippen MR) is 119 cm³/mol. The third-order valence-electron chi connectivity index (χ3n) is 5.39. The van der Waals surface area contributed by atoms with Gasteiger partial charge in [-0.25, -0.2) is 4.98 Å². The van der Waals surface area contributed by atoms with E-state index >= 15 is 0 Å². The third-order valence-corrected chi connectivity index (χ3v) is 5.39. The summed E-state index contributed by atoms with van der Waals surface area (Å²) in [7, 11) is 1.52. The summed E-state index contributed by atoms with van der Waals surface area (Å²) in [6.07, 6.45) is 3.26. The van der Waals surface area contributed by atoms with Crippen LogP contribution in [0, 0.1) is 0 Å². The van der Waals surface area contributed by atoms with Crippen LogP contribution in [0.2, 0.25) is 0 Å². The van der Waals surface area contributed by atoms with Gasteiger partial charge in [0.15, 0.2) is 23.2 Å². The molecular weight excluding hydrogens is 442 g/mol. The summed E-state index contributed by atoms with van der Waals surface area (Å²) >= 11 is 0. The molecule has 34 heavy (non-hydrogen) atoms. The second-order valence-corrected chi connectivity index (χ2v) is 7.71. The van der Waals surface area contributed by atoms with Gasteiger partial charge >= 0.3 is 0 Å². The molecule has 0 saturated carbocycles. The Balaban J connectivity index is 1.56. The van der Waals surface area contributed by atoms with Gasteiger partial charge in [0.05, 0.1) is 12.5 Å². The van der Waals surface area contributed by atoms with Crippen molar-refractivity contribution in [3.8, 4) is 17.3 Å². The van der Waals surface area contributed by atoms with Crippen LogP contribution in [0.25, 0.3) is 28.5 Å². The summed E-state index contributed by atoms with van der Waals surface area (Å²) in [4.78, 5) is 25.7. The zero-order valence-electron chi connectivity index (χ0n) is 18.5. The molecule has 3 atom stereocenters. The van der Waals surface area contributed by atoms with Crippen LogP contribution in [-0.4, -0.2) is 81.5 Å². The number of ether oxygens (including phenoxy) is 1. The number of rotatable bonds is 7. The van der Waals surface area contributed by atoms with Crippen molar-refractivity contribution in [2.45, 2.75) is 38.2 Å². The molecule has 4 aromatic heterocycles. The van der Waals surface area contributed by atoms with Gasteiger partial charge in [-0.15, -0.1) is 10.2 Å². The van der Waals surface area contributed by atoms with Crippen LogP contribution in [0.3, 0.4) is 0 Å². The Morgan fingerprint density at radius 3 is 2.94 bits per heavy atom. The second kappa shape index (κ2) is 9.07. The van der Waals surface area contributed by atoms with Gasteiger partial charge in [-0.05, 0) is 18.6 Å². The van der Waals surface area contributed by atoms with E-state index in [0.717, 1.165) is 6.42 Å². The van der Waals surface area contributed by atoms with Crippen molar-refractivity contribution in [3.63, 3.8) is 0 Å². The lowest BCUT2D eigenvalue weighted by Crippen LogP contribution is -2.31. The first-order valence-corrected chi connectivity index (χ1v) is 10.8. The van der Waals surface area contributed by atoms with Gasteiger partial charge in [-0.1, -0.05) is 12.1 Å². The maximum atomic E-state index is 12.0. The van der Waals surface area contributed by atoms with E-state index in [0.29, 0.717) is 34.9 Å². The van der Waals surface area contributed by atoms with Crippen molar-refractivity contribution in [2.75, 3.05) is 18.9 Å². The van der Waals surface area contributed by atoms with Crippen LogP contribution in [0.1, 0.15) is 26.0 Å². The monoisotopic (exact) mass is 465 g/mol. The molecule has 1 amide bonds. The van der Waals surface area contributed by atoms with Crippen molar-refractivity contribution >= 4 is 22.9 Å². The summed E-state index contributed by atoms with van der Waals surface area (Å²) in [5.41, 5.74) is 2.00. The van der Waals surface area contributed by atoms with E-state index in [2.05, 4.69) is 46.1 Å². The molecule has 0 aliphatic carbocycles. The van der Waals surface area contributed by atoms with Crippen LogP contribution in [0.5, 0.6) is 0 Å². The van der Waals surface area contributed by atoms with Crippen molar-refractivity contribution in [3.05, 3.63) is 30.9 Å². The summed E-state index contributed by atoms with van der Waals surface area (Å²) in [6.45, 7) is 2.71. The van der Waals surface area contributed by atoms with Crippen LogP contribution in [0.15, 0.2) is 30.9 Å². The first kappa shape index (κ1) is 21.8. The first-order valence-electron chi connectivity index (χ1n) is 10.8. The number of amides is 1. The van der Waals surface area contributed by atoms with E-state index in [9.17, 15) is 9.90 Å². The number of carbonyl (C=O) groups is 1. The van der Waals surface area contributed by atoms with Gasteiger partial charge < -0.3 is 20.5 Å². The van der Waals surface area contributed by atoms with Crippen molar-refractivity contribution in [1.29, 1.82) is 0 Å². The highest BCUT2D eigenvalue weighted by Gasteiger charge is 2.39. The molecule has 0 radical (unpaired) electrons. The molecule has 3 N–H and O–H groups in total. The maximum Gasteiger partial charge on any atom is 0.256 e. The number of imidazole rings is 1. The van der Waals surface area contributed by atoms with Crippen LogP contribution < -0.4 is 10.6 Å². The molecule has 0 aromatic carbocycles. The fourth-order valence-electron chi connectivity index (χ4n) is 3.71. The number of anilines is 1. The highest BCUT2D eigenvalue weighted by atomic mass is 16.5. The van der Waals surface area contributed by atoms with E-state index < -0.39 is 18.4 Å². The standard InChI is InChI=1S/C20H23N11O3/c1-3-6-22-16-15-17(30(10-23-15)19-13(32)8-14(34-19)18(33)21-2)26-20(25-16)31-9-12(28-29-31)11-5-4-7-24-27-11/h4-5,7,9-10,13-14,19,32H,3,6,8H2,1-2H3,(H,21,33)(H,22,25,26)/t13-,14+,19-/m1/s1. The lowest BCUT2D eigenvalue weighted by molar-refractivity contribution is -0.134. The van der Waals surface area contributed by atoms with Gasteiger partial charge in [-0.3, -0.25) is 9.36 Å². The zero-order valence-corrected chi connectivity index (χ0v) is 18.5. The lowest BCUT2D eigenvalue weighted by Gasteiger charge is -2.17. The van der Waals surface area contributed by atoms with Crippen LogP contribution in [0.4, 0.5) is 5.82 Å². The molecule has 0 spiro atoms. The number of nitrogens with zero attached hydrogens (tertiary/aromatic N) is 9. The lowest BCUT2D eigenvalue weighted by atomic mass is 10.2. The number of nitrogens with one attached hydrogen (secondary N) is 2. The molecule has 1 aliphatic heterocycles. The average Bonchev–Trinajstić information content (AvgIpc) is 3.60. The third kappa shape index (κ3) is 3.92. The molecule has 1 aliphatic rings. The number of aliphatic hydroxyl groups is 1. The Labute approximate surface area is 193 Å². The Morgan fingerprint density at radius 2 is 2.18 bits per heavy atom. The molecule has 5 rings (SSSR count). The quantitative estimate of drug-likeness (QED) is 0.337. The fraction of sp³-hybridized carbons (Fsp3) is 0.400. The van der Waals surface area contributed by atoms with Gasteiger partial charge in [0.1, 0.15) is 23.6 Å². The number of hydrogen-bond donors (Lipinski definition) is 3.